The van der Waals surface area contributed by atoms with Crippen LogP contribution in [0.1, 0.15) is 19.4 Å². The first kappa shape index (κ1) is 16.5. The molecule has 1 amide bonds. The number of benzene rings is 1. The molecule has 7 heteroatoms. The Morgan fingerprint density at radius 1 is 1.21 bits per heavy atom. The van der Waals surface area contributed by atoms with Crippen molar-refractivity contribution in [2.45, 2.75) is 20.8 Å². The van der Waals surface area contributed by atoms with Crippen LogP contribution in [-0.2, 0) is 4.79 Å². The first-order chi connectivity index (χ1) is 11.2. The average Bonchev–Trinajstić information content (AvgIpc) is 2.55. The van der Waals surface area contributed by atoms with E-state index in [4.69, 9.17) is 11.6 Å². The lowest BCUT2D eigenvalue weighted by Gasteiger charge is -2.49. The van der Waals surface area contributed by atoms with Crippen molar-refractivity contribution in [1.82, 2.24) is 14.8 Å². The summed E-state index contributed by atoms with van der Waals surface area (Å²) in [5, 5.41) is 7.38. The van der Waals surface area contributed by atoms with Crippen LogP contribution < -0.4 is 10.6 Å². The summed E-state index contributed by atoms with van der Waals surface area (Å²) in [6.07, 6.45) is 1.50. The molecule has 1 aromatic heterocycles. The number of carbonyl (C=O) groups excluding carboxylic acids is 1. The third-order valence-electron chi connectivity index (χ3n) is 4.25. The molecule has 1 fully saturated rings. The Bertz CT molecular complexity index is 858. The van der Waals surface area contributed by atoms with Crippen LogP contribution in [0.5, 0.6) is 0 Å². The van der Waals surface area contributed by atoms with Gasteiger partial charge in [-0.25, -0.2) is 0 Å². The molecule has 0 atom stereocenters. The van der Waals surface area contributed by atoms with Crippen LogP contribution in [0, 0.1) is 12.3 Å². The van der Waals surface area contributed by atoms with Gasteiger partial charge in [-0.1, -0.05) is 29.3 Å². The van der Waals surface area contributed by atoms with Crippen LogP contribution in [-0.4, -0.2) is 34.3 Å². The van der Waals surface area contributed by atoms with Crippen molar-refractivity contribution in [2.75, 3.05) is 18.6 Å². The number of hydrazine groups is 1. The van der Waals surface area contributed by atoms with Gasteiger partial charge < -0.3 is 0 Å². The molecule has 0 bridgehead atoms. The molecule has 1 aliphatic rings. The Labute approximate surface area is 145 Å². The third-order valence-corrected chi connectivity index (χ3v) is 4.60. The molecule has 0 spiro atoms. The maximum Gasteiger partial charge on any atom is 0.292 e. The van der Waals surface area contributed by atoms with Crippen LogP contribution in [0.25, 0.3) is 5.69 Å². The monoisotopic (exact) mass is 346 g/mol. The largest absolute Gasteiger partial charge is 0.292 e. The van der Waals surface area contributed by atoms with Gasteiger partial charge >= 0.3 is 0 Å². The lowest BCUT2D eigenvalue weighted by Crippen LogP contribution is -2.64. The molecule has 0 N–H and O–H groups in total. The minimum absolute atomic E-state index is 0.0104. The lowest BCUT2D eigenvalue weighted by molar-refractivity contribution is -0.157. The predicted octanol–water partition coefficient (Wildman–Crippen LogP) is 2.41. The molecular formula is C17H19ClN4O2. The molecule has 2 heterocycles. The zero-order valence-electron chi connectivity index (χ0n) is 14.1. The third kappa shape index (κ3) is 2.57. The van der Waals surface area contributed by atoms with Gasteiger partial charge in [-0.15, -0.1) is 0 Å². The number of aromatic nitrogens is 2. The Hall–Kier alpha value is -2.34. The van der Waals surface area contributed by atoms with Crippen LogP contribution in [0.3, 0.4) is 0 Å². The summed E-state index contributed by atoms with van der Waals surface area (Å²) in [5.41, 5.74) is 1.34. The fourth-order valence-corrected chi connectivity index (χ4v) is 2.92. The number of rotatable bonds is 3. The first-order valence-corrected chi connectivity index (χ1v) is 8.00. The zero-order valence-corrected chi connectivity index (χ0v) is 14.8. The Kier molecular flexibility index (Phi) is 3.87. The molecule has 126 valence electrons. The Morgan fingerprint density at radius 3 is 2.38 bits per heavy atom. The summed E-state index contributed by atoms with van der Waals surface area (Å²) in [7, 11) is 1.70. The molecule has 0 unspecified atom stereocenters. The summed E-state index contributed by atoms with van der Waals surface area (Å²) >= 11 is 6.27. The van der Waals surface area contributed by atoms with E-state index in [9.17, 15) is 9.59 Å². The number of aryl methyl sites for hydroxylation is 1. The highest BCUT2D eigenvalue weighted by atomic mass is 35.5. The summed E-state index contributed by atoms with van der Waals surface area (Å²) in [6.45, 7) is 6.31. The van der Waals surface area contributed by atoms with Crippen LogP contribution >= 0.6 is 11.6 Å². The van der Waals surface area contributed by atoms with Gasteiger partial charge in [0.05, 0.1) is 23.8 Å². The second kappa shape index (κ2) is 5.63. The number of nitrogens with zero attached hydrogens (tertiary/aromatic N) is 4. The fourth-order valence-electron chi connectivity index (χ4n) is 2.66. The van der Waals surface area contributed by atoms with Gasteiger partial charge in [0.15, 0.2) is 0 Å². The van der Waals surface area contributed by atoms with Crippen molar-refractivity contribution in [1.29, 1.82) is 0 Å². The second-order valence-electron chi connectivity index (χ2n) is 6.67. The number of halogens is 1. The van der Waals surface area contributed by atoms with E-state index in [-0.39, 0.29) is 16.3 Å². The van der Waals surface area contributed by atoms with Gasteiger partial charge in [-0.05, 0) is 32.9 Å². The zero-order chi connectivity index (χ0) is 17.6. The van der Waals surface area contributed by atoms with E-state index < -0.39 is 5.56 Å². The van der Waals surface area contributed by atoms with E-state index in [0.29, 0.717) is 17.9 Å². The number of amides is 1. The molecule has 24 heavy (non-hydrogen) atoms. The normalized spacial score (nSPS) is 16.0. The number of hydrogen-bond acceptors (Lipinski definition) is 4. The Balaban J connectivity index is 1.95. The summed E-state index contributed by atoms with van der Waals surface area (Å²) in [6, 6.07) is 7.42. The molecule has 6 nitrogen and oxygen atoms in total. The molecule has 3 rings (SSSR count). The molecule has 0 aliphatic carbocycles. The number of β-lactam (4-membered cyclic amide) rings is 1. The van der Waals surface area contributed by atoms with E-state index >= 15 is 0 Å². The van der Waals surface area contributed by atoms with Crippen molar-refractivity contribution in [3.8, 4) is 5.69 Å². The first-order valence-electron chi connectivity index (χ1n) is 7.63. The van der Waals surface area contributed by atoms with Gasteiger partial charge in [0.25, 0.3) is 5.56 Å². The van der Waals surface area contributed by atoms with E-state index in [2.05, 4.69) is 5.10 Å². The van der Waals surface area contributed by atoms with E-state index in [1.807, 2.05) is 45.0 Å². The van der Waals surface area contributed by atoms with Gasteiger partial charge in [0.2, 0.25) is 5.91 Å². The molecular weight excluding hydrogens is 328 g/mol. The minimum Gasteiger partial charge on any atom is -0.283 e. The Morgan fingerprint density at radius 2 is 1.83 bits per heavy atom. The second-order valence-corrected chi connectivity index (χ2v) is 7.04. The summed E-state index contributed by atoms with van der Waals surface area (Å²) in [4.78, 5) is 24.7. The predicted molar refractivity (Wildman–Crippen MR) is 93.5 cm³/mol. The summed E-state index contributed by atoms with van der Waals surface area (Å²) < 4.78 is 1.25. The van der Waals surface area contributed by atoms with Crippen molar-refractivity contribution < 1.29 is 4.79 Å². The molecule has 1 aromatic carbocycles. The smallest absolute Gasteiger partial charge is 0.283 e. The molecule has 1 aliphatic heterocycles. The maximum atomic E-state index is 12.6. The molecule has 0 saturated carbocycles. The van der Waals surface area contributed by atoms with Gasteiger partial charge in [-0.3, -0.25) is 19.6 Å². The van der Waals surface area contributed by atoms with E-state index in [1.165, 1.54) is 10.9 Å². The highest BCUT2D eigenvalue weighted by Gasteiger charge is 2.46. The standard InChI is InChI=1S/C17H19ClN4O2/c1-11-5-7-12(8-6-11)22-15(23)14(18)13(9-19-22)20(4)21-10-17(2,3)16(21)24/h5-9H,10H2,1-4H3. The number of hydrogen-bond donors (Lipinski definition) is 0. The molecule has 1 saturated heterocycles. The lowest BCUT2D eigenvalue weighted by atomic mass is 9.84. The van der Waals surface area contributed by atoms with Gasteiger partial charge in [-0.2, -0.15) is 9.78 Å². The van der Waals surface area contributed by atoms with Crippen LogP contribution in [0.4, 0.5) is 5.69 Å². The average molecular weight is 347 g/mol. The van der Waals surface area contributed by atoms with Crippen molar-refractivity contribution in [3.63, 3.8) is 0 Å². The van der Waals surface area contributed by atoms with E-state index in [0.717, 1.165) is 5.56 Å². The van der Waals surface area contributed by atoms with E-state index in [1.54, 1.807) is 17.1 Å². The SMILES string of the molecule is Cc1ccc(-n2ncc(N(C)N3CC(C)(C)C3=O)c(Cl)c2=O)cc1. The summed E-state index contributed by atoms with van der Waals surface area (Å²) in [5.74, 6) is -0.0104. The van der Waals surface area contributed by atoms with Crippen LogP contribution in [0.2, 0.25) is 5.02 Å². The van der Waals surface area contributed by atoms with Crippen molar-refractivity contribution in [2.24, 2.45) is 5.41 Å². The highest BCUT2D eigenvalue weighted by molar-refractivity contribution is 6.33. The fraction of sp³-hybridized carbons (Fsp3) is 0.353. The van der Waals surface area contributed by atoms with Crippen molar-refractivity contribution >= 4 is 23.2 Å². The topological polar surface area (TPSA) is 58.4 Å². The number of carbonyl (C=O) groups is 1. The highest BCUT2D eigenvalue weighted by Crippen LogP contribution is 2.34. The van der Waals surface area contributed by atoms with Crippen molar-refractivity contribution in [3.05, 3.63) is 51.4 Å². The quantitative estimate of drug-likeness (QED) is 0.801. The molecule has 0 radical (unpaired) electrons. The van der Waals surface area contributed by atoms with Gasteiger partial charge in [0, 0.05) is 7.05 Å². The molecule has 2 aromatic rings. The van der Waals surface area contributed by atoms with Gasteiger partial charge in [0.1, 0.15) is 10.7 Å². The number of anilines is 1. The van der Waals surface area contributed by atoms with Crippen LogP contribution in [0.15, 0.2) is 35.3 Å². The maximum absolute atomic E-state index is 12.6. The minimum atomic E-state index is -0.419.